The molecule has 10 heteroatoms. The summed E-state index contributed by atoms with van der Waals surface area (Å²) in [6, 6.07) is 14.5. The molecule has 184 valence electrons. The minimum atomic E-state index is -4.98. The van der Waals surface area contributed by atoms with Crippen molar-refractivity contribution in [3.63, 3.8) is 0 Å². The highest BCUT2D eigenvalue weighted by Gasteiger charge is 2.37. The van der Waals surface area contributed by atoms with Crippen molar-refractivity contribution in [2.24, 2.45) is 11.5 Å². The second-order valence-corrected chi connectivity index (χ2v) is 7.50. The van der Waals surface area contributed by atoms with Gasteiger partial charge < -0.3 is 21.5 Å². The summed E-state index contributed by atoms with van der Waals surface area (Å²) in [5.74, 6) is 0.275. The van der Waals surface area contributed by atoms with Crippen LogP contribution in [-0.2, 0) is 17.1 Å². The summed E-state index contributed by atoms with van der Waals surface area (Å²) < 4.78 is 84.2. The van der Waals surface area contributed by atoms with Crippen LogP contribution in [0.25, 0.3) is 17.3 Å². The summed E-state index contributed by atoms with van der Waals surface area (Å²) in [6.45, 7) is 3.77. The van der Waals surface area contributed by atoms with Crippen LogP contribution in [0.1, 0.15) is 22.3 Å². The third kappa shape index (κ3) is 5.89. The number of benzene rings is 3. The van der Waals surface area contributed by atoms with Crippen LogP contribution in [0.2, 0.25) is 0 Å². The topological polar surface area (TPSA) is 73.3 Å². The number of rotatable bonds is 5. The van der Waals surface area contributed by atoms with Gasteiger partial charge in [0, 0.05) is 27.4 Å². The molecule has 3 aromatic carbocycles. The first-order valence-corrected chi connectivity index (χ1v) is 10.1. The van der Waals surface area contributed by atoms with Crippen LogP contribution in [0.3, 0.4) is 0 Å². The Bertz CT molecular complexity index is 1330. The quantitative estimate of drug-likeness (QED) is 0.359. The largest absolute Gasteiger partial charge is 0.497 e. The Hall–Kier alpha value is -4.08. The molecule has 0 aliphatic rings. The highest BCUT2D eigenvalue weighted by atomic mass is 19.4. The van der Waals surface area contributed by atoms with Crippen LogP contribution in [0, 0.1) is 0 Å². The molecule has 0 atom stereocenters. The number of ether oxygens (including phenoxy) is 1. The van der Waals surface area contributed by atoms with E-state index in [2.05, 4.69) is 11.9 Å². The van der Waals surface area contributed by atoms with E-state index in [9.17, 15) is 26.3 Å². The molecule has 3 aromatic rings. The molecule has 35 heavy (non-hydrogen) atoms. The zero-order chi connectivity index (χ0) is 26.0. The van der Waals surface area contributed by atoms with E-state index in [-0.39, 0.29) is 11.9 Å². The van der Waals surface area contributed by atoms with Gasteiger partial charge in [0.05, 0.1) is 18.2 Å². The lowest BCUT2D eigenvalue weighted by Gasteiger charge is -2.15. The van der Waals surface area contributed by atoms with Crippen molar-refractivity contribution >= 4 is 23.0 Å². The molecule has 0 unspecified atom stereocenters. The Balaban J connectivity index is 2.14. The summed E-state index contributed by atoms with van der Waals surface area (Å²) in [7, 11) is 1.49. The van der Waals surface area contributed by atoms with Gasteiger partial charge in [-0.25, -0.2) is 0 Å². The lowest BCUT2D eigenvalue weighted by atomic mass is 10.1. The van der Waals surface area contributed by atoms with Gasteiger partial charge in [0.25, 0.3) is 0 Å². The molecule has 0 amide bonds. The Morgan fingerprint density at radius 2 is 1.26 bits per heavy atom. The van der Waals surface area contributed by atoms with E-state index >= 15 is 0 Å². The van der Waals surface area contributed by atoms with Gasteiger partial charge in [-0.05, 0) is 23.8 Å². The second kappa shape index (κ2) is 9.65. The van der Waals surface area contributed by atoms with Gasteiger partial charge in [-0.15, -0.1) is 0 Å². The minimum Gasteiger partial charge on any atom is -0.497 e. The summed E-state index contributed by atoms with van der Waals surface area (Å²) >= 11 is 0. The van der Waals surface area contributed by atoms with Gasteiger partial charge in [0.2, 0.25) is 0 Å². The predicted molar refractivity (Wildman–Crippen MR) is 123 cm³/mol. The SMILES string of the molecule is C=C(OC)c1ccc(/C(N)=c2\cccc\c2=C(\N)Nc2cc(C(F)(F)F)cc(C(F)(F)F)c2)cc1. The lowest BCUT2D eigenvalue weighted by Crippen LogP contribution is -2.35. The van der Waals surface area contributed by atoms with E-state index in [0.717, 1.165) is 5.56 Å². The van der Waals surface area contributed by atoms with E-state index in [4.69, 9.17) is 16.2 Å². The Labute approximate surface area is 196 Å². The molecular formula is C25H21F6N3O. The fraction of sp³-hybridized carbons (Fsp3) is 0.120. The molecule has 3 rings (SSSR count). The molecule has 0 fully saturated rings. The lowest BCUT2D eigenvalue weighted by molar-refractivity contribution is -0.143. The van der Waals surface area contributed by atoms with Gasteiger partial charge in [0.15, 0.2) is 0 Å². The number of anilines is 1. The summed E-state index contributed by atoms with van der Waals surface area (Å²) in [6.07, 6.45) is -9.97. The first-order valence-electron chi connectivity index (χ1n) is 10.1. The highest BCUT2D eigenvalue weighted by molar-refractivity contribution is 5.69. The fourth-order valence-electron chi connectivity index (χ4n) is 3.31. The normalized spacial score (nSPS) is 13.7. The molecule has 0 aliphatic heterocycles. The van der Waals surface area contributed by atoms with Crippen molar-refractivity contribution in [2.75, 3.05) is 12.4 Å². The third-order valence-electron chi connectivity index (χ3n) is 5.14. The van der Waals surface area contributed by atoms with Gasteiger partial charge in [-0.2, -0.15) is 26.3 Å². The Morgan fingerprint density at radius 1 is 0.771 bits per heavy atom. The molecule has 0 saturated heterocycles. The molecule has 0 aliphatic carbocycles. The maximum absolute atomic E-state index is 13.2. The first-order chi connectivity index (χ1) is 16.3. The standard InChI is InChI=1S/C25H21F6N3O/c1-14(35-2)15-7-9-16(10-8-15)22(32)20-5-3-4-6-21(20)23(33)34-19-12-17(24(26,27)28)11-18(13-19)25(29,30)31/h3-13,34H,1,32-33H2,2H3/b22-20-,23-21+. The Morgan fingerprint density at radius 3 is 1.74 bits per heavy atom. The van der Waals surface area contributed by atoms with Gasteiger partial charge in [-0.3, -0.25) is 0 Å². The van der Waals surface area contributed by atoms with Crippen LogP contribution < -0.4 is 27.2 Å². The van der Waals surface area contributed by atoms with Gasteiger partial charge >= 0.3 is 12.4 Å². The van der Waals surface area contributed by atoms with E-state index in [1.807, 2.05) is 0 Å². The highest BCUT2D eigenvalue weighted by Crippen LogP contribution is 2.37. The molecule has 4 nitrogen and oxygen atoms in total. The van der Waals surface area contributed by atoms with E-state index in [1.54, 1.807) is 48.5 Å². The average Bonchev–Trinajstić information content (AvgIpc) is 2.82. The first kappa shape index (κ1) is 25.5. The number of nitrogens with two attached hydrogens (primary N) is 2. The van der Waals surface area contributed by atoms with Gasteiger partial charge in [-0.1, -0.05) is 55.1 Å². The molecule has 5 N–H and O–H groups in total. The number of nitrogens with one attached hydrogen (secondary N) is 1. The molecule has 0 spiro atoms. The number of methoxy groups -OCH3 is 1. The Kier molecular flexibility index (Phi) is 7.04. The third-order valence-corrected chi connectivity index (χ3v) is 5.14. The number of hydrogen-bond acceptors (Lipinski definition) is 4. The van der Waals surface area contributed by atoms with E-state index < -0.39 is 29.2 Å². The summed E-state index contributed by atoms with van der Waals surface area (Å²) in [4.78, 5) is 0. The number of halogens is 6. The second-order valence-electron chi connectivity index (χ2n) is 7.50. The predicted octanol–water partition coefficient (Wildman–Crippen LogP) is 4.59. The van der Waals surface area contributed by atoms with E-state index in [0.29, 0.717) is 39.6 Å². The van der Waals surface area contributed by atoms with Crippen molar-refractivity contribution in [2.45, 2.75) is 12.4 Å². The minimum absolute atomic E-state index is 0.0446. The summed E-state index contributed by atoms with van der Waals surface area (Å²) in [5.41, 5.74) is 10.7. The zero-order valence-electron chi connectivity index (χ0n) is 18.4. The number of alkyl halides is 6. The fourth-order valence-corrected chi connectivity index (χ4v) is 3.31. The van der Waals surface area contributed by atoms with Gasteiger partial charge in [0.1, 0.15) is 11.6 Å². The summed E-state index contributed by atoms with van der Waals surface area (Å²) in [5, 5.41) is 3.18. The molecule has 0 bridgehead atoms. The van der Waals surface area contributed by atoms with Crippen molar-refractivity contribution in [3.05, 3.63) is 106 Å². The average molecular weight is 493 g/mol. The van der Waals surface area contributed by atoms with Crippen molar-refractivity contribution in [1.29, 1.82) is 0 Å². The molecule has 0 heterocycles. The van der Waals surface area contributed by atoms with Crippen molar-refractivity contribution in [3.8, 4) is 0 Å². The molecule has 0 saturated carbocycles. The molecule has 0 aromatic heterocycles. The van der Waals surface area contributed by atoms with Crippen molar-refractivity contribution < 1.29 is 31.1 Å². The monoisotopic (exact) mass is 493 g/mol. The zero-order valence-corrected chi connectivity index (χ0v) is 18.4. The smallest absolute Gasteiger partial charge is 0.416 e. The van der Waals surface area contributed by atoms with E-state index in [1.165, 1.54) is 7.11 Å². The maximum Gasteiger partial charge on any atom is 0.416 e. The number of hydrogen-bond donors (Lipinski definition) is 3. The van der Waals surface area contributed by atoms with Crippen LogP contribution in [0.15, 0.2) is 73.3 Å². The van der Waals surface area contributed by atoms with Crippen LogP contribution in [0.5, 0.6) is 0 Å². The maximum atomic E-state index is 13.2. The van der Waals surface area contributed by atoms with Crippen LogP contribution in [0.4, 0.5) is 32.0 Å². The molecular weight excluding hydrogens is 472 g/mol. The van der Waals surface area contributed by atoms with Crippen LogP contribution >= 0.6 is 0 Å². The van der Waals surface area contributed by atoms with Crippen molar-refractivity contribution in [1.82, 2.24) is 0 Å². The van der Waals surface area contributed by atoms with Crippen LogP contribution in [-0.4, -0.2) is 7.11 Å². The molecule has 0 radical (unpaired) electrons.